The van der Waals surface area contributed by atoms with E-state index in [2.05, 4.69) is 0 Å². The van der Waals surface area contributed by atoms with Crippen LogP contribution in [0.2, 0.25) is 0 Å². The van der Waals surface area contributed by atoms with Gasteiger partial charge < -0.3 is 15.6 Å². The Morgan fingerprint density at radius 3 is 2.54 bits per heavy atom. The molecule has 4 amide bonds. The van der Waals surface area contributed by atoms with Crippen molar-refractivity contribution < 1.29 is 33.4 Å². The van der Waals surface area contributed by atoms with Crippen molar-refractivity contribution in [3.8, 4) is 0 Å². The summed E-state index contributed by atoms with van der Waals surface area (Å²) in [4.78, 5) is 50.3. The van der Waals surface area contributed by atoms with Gasteiger partial charge >= 0.3 is 6.09 Å². The van der Waals surface area contributed by atoms with Crippen molar-refractivity contribution in [3.05, 3.63) is 29.3 Å². The van der Waals surface area contributed by atoms with E-state index in [0.717, 1.165) is 0 Å². The molecule has 2 unspecified atom stereocenters. The SMILES string of the molecule is CC(C)(C)OC(=O)N1C(=O)CCC(F)(N2C(=O)c3cccc(N)c3C2O)C1=O. The van der Waals surface area contributed by atoms with Crippen LogP contribution in [0.15, 0.2) is 18.2 Å². The minimum Gasteiger partial charge on any atom is -0.443 e. The number of aliphatic hydroxyl groups excluding tert-OH is 1. The molecule has 1 aromatic carbocycles. The number of imide groups is 3. The lowest BCUT2D eigenvalue weighted by atomic mass is 9.99. The molecule has 2 aliphatic heterocycles. The molecule has 0 spiro atoms. The number of halogens is 1. The molecule has 2 aliphatic rings. The molecule has 0 saturated carbocycles. The van der Waals surface area contributed by atoms with Crippen LogP contribution >= 0.6 is 0 Å². The molecule has 0 aromatic heterocycles. The first kappa shape index (κ1) is 19.7. The molecule has 150 valence electrons. The van der Waals surface area contributed by atoms with Crippen molar-refractivity contribution in [2.45, 2.75) is 51.2 Å². The molecule has 3 rings (SSSR count). The fourth-order valence-corrected chi connectivity index (χ4v) is 3.27. The Labute approximate surface area is 159 Å². The van der Waals surface area contributed by atoms with Crippen LogP contribution in [0.3, 0.4) is 0 Å². The summed E-state index contributed by atoms with van der Waals surface area (Å²) >= 11 is 0. The molecule has 0 aliphatic carbocycles. The summed E-state index contributed by atoms with van der Waals surface area (Å²) in [5.74, 6) is -6.63. The van der Waals surface area contributed by atoms with Crippen LogP contribution in [0.5, 0.6) is 0 Å². The number of nitrogens with two attached hydrogens (primary N) is 1. The van der Waals surface area contributed by atoms with Crippen molar-refractivity contribution in [2.75, 3.05) is 5.73 Å². The average Bonchev–Trinajstić information content (AvgIpc) is 2.83. The molecule has 1 fully saturated rings. The lowest BCUT2D eigenvalue weighted by molar-refractivity contribution is -0.178. The van der Waals surface area contributed by atoms with E-state index in [1.807, 2.05) is 0 Å². The van der Waals surface area contributed by atoms with E-state index in [1.165, 1.54) is 39.0 Å². The Morgan fingerprint density at radius 2 is 1.96 bits per heavy atom. The van der Waals surface area contributed by atoms with Crippen molar-refractivity contribution >= 4 is 29.5 Å². The number of carbonyl (C=O) groups is 4. The molecular weight excluding hydrogens is 373 g/mol. The Kier molecular flexibility index (Phi) is 4.42. The smallest absolute Gasteiger partial charge is 0.424 e. The van der Waals surface area contributed by atoms with Crippen molar-refractivity contribution in [1.82, 2.24) is 9.80 Å². The lowest BCUT2D eigenvalue weighted by Crippen LogP contribution is -2.64. The van der Waals surface area contributed by atoms with Crippen LogP contribution in [-0.2, 0) is 14.3 Å². The minimum absolute atomic E-state index is 0.0296. The number of alkyl halides is 1. The van der Waals surface area contributed by atoms with Crippen molar-refractivity contribution in [3.63, 3.8) is 0 Å². The summed E-state index contributed by atoms with van der Waals surface area (Å²) in [6.07, 6.45) is -4.43. The molecule has 2 atom stereocenters. The second kappa shape index (κ2) is 6.26. The largest absolute Gasteiger partial charge is 0.443 e. The Balaban J connectivity index is 1.99. The molecule has 2 heterocycles. The van der Waals surface area contributed by atoms with Crippen LogP contribution in [0.4, 0.5) is 14.9 Å². The summed E-state index contributed by atoms with van der Waals surface area (Å²) in [5, 5.41) is 10.5. The highest BCUT2D eigenvalue weighted by atomic mass is 19.1. The van der Waals surface area contributed by atoms with Gasteiger partial charge in [0.15, 0.2) is 6.23 Å². The second-order valence-corrected chi connectivity index (χ2v) is 7.63. The van der Waals surface area contributed by atoms with Crippen LogP contribution in [-0.4, -0.2) is 50.1 Å². The maximum absolute atomic E-state index is 15.8. The zero-order valence-corrected chi connectivity index (χ0v) is 15.6. The molecule has 0 radical (unpaired) electrons. The number of aliphatic hydroxyl groups is 1. The van der Waals surface area contributed by atoms with E-state index < -0.39 is 54.3 Å². The number of hydrogen-bond donors (Lipinski definition) is 2. The van der Waals surface area contributed by atoms with Crippen LogP contribution in [0.1, 0.15) is 55.8 Å². The molecule has 9 nitrogen and oxygen atoms in total. The van der Waals surface area contributed by atoms with E-state index >= 15 is 4.39 Å². The topological polar surface area (TPSA) is 130 Å². The predicted octanol–water partition coefficient (Wildman–Crippen LogP) is 1.47. The first-order valence-corrected chi connectivity index (χ1v) is 8.58. The van der Waals surface area contributed by atoms with Crippen molar-refractivity contribution in [1.29, 1.82) is 0 Å². The number of ether oxygens (including phenoxy) is 1. The monoisotopic (exact) mass is 393 g/mol. The third-order valence-electron chi connectivity index (χ3n) is 4.50. The number of anilines is 1. The number of nitrogens with zero attached hydrogens (tertiary/aromatic N) is 2. The number of amides is 4. The number of benzene rings is 1. The first-order valence-electron chi connectivity index (χ1n) is 8.58. The number of hydrogen-bond acceptors (Lipinski definition) is 7. The fourth-order valence-electron chi connectivity index (χ4n) is 3.27. The number of rotatable bonds is 1. The number of nitrogen functional groups attached to an aromatic ring is 1. The van der Waals surface area contributed by atoms with Gasteiger partial charge in [-0.05, 0) is 32.9 Å². The van der Waals surface area contributed by atoms with Gasteiger partial charge in [-0.3, -0.25) is 19.3 Å². The zero-order chi connectivity index (χ0) is 21.0. The average molecular weight is 393 g/mol. The Bertz CT molecular complexity index is 896. The Morgan fingerprint density at radius 1 is 1.32 bits per heavy atom. The van der Waals surface area contributed by atoms with E-state index in [0.29, 0.717) is 4.90 Å². The fraction of sp³-hybridized carbons (Fsp3) is 0.444. The van der Waals surface area contributed by atoms with Gasteiger partial charge in [0.2, 0.25) is 5.91 Å². The third kappa shape index (κ3) is 2.89. The lowest BCUT2D eigenvalue weighted by Gasteiger charge is -2.40. The quantitative estimate of drug-likeness (QED) is 0.420. The van der Waals surface area contributed by atoms with Gasteiger partial charge in [-0.25, -0.2) is 9.18 Å². The molecule has 3 N–H and O–H groups in total. The number of likely N-dealkylation sites (tertiary alicyclic amines) is 1. The standard InChI is InChI=1S/C18H20FN3O6/c1-17(2,3)28-16(27)21-11(23)7-8-18(19,15(21)26)22-13(24)9-5-4-6-10(20)12(9)14(22)25/h4-6,14,25H,7-8,20H2,1-3H3. The van der Waals surface area contributed by atoms with Crippen LogP contribution in [0, 0.1) is 0 Å². The molecule has 1 aromatic rings. The van der Waals surface area contributed by atoms with Crippen molar-refractivity contribution in [2.24, 2.45) is 0 Å². The first-order chi connectivity index (χ1) is 12.9. The van der Waals surface area contributed by atoms with E-state index in [9.17, 15) is 24.3 Å². The normalized spacial score (nSPS) is 25.2. The van der Waals surface area contributed by atoms with Gasteiger partial charge in [0.25, 0.3) is 17.6 Å². The highest BCUT2D eigenvalue weighted by Crippen LogP contribution is 2.44. The third-order valence-corrected chi connectivity index (χ3v) is 4.50. The maximum Gasteiger partial charge on any atom is 0.424 e. The van der Waals surface area contributed by atoms with Gasteiger partial charge in [0, 0.05) is 29.7 Å². The summed E-state index contributed by atoms with van der Waals surface area (Å²) < 4.78 is 20.8. The highest BCUT2D eigenvalue weighted by molar-refractivity contribution is 6.15. The van der Waals surface area contributed by atoms with E-state index in [-0.39, 0.29) is 21.7 Å². The predicted molar refractivity (Wildman–Crippen MR) is 93.1 cm³/mol. The van der Waals surface area contributed by atoms with Gasteiger partial charge in [0.05, 0.1) is 0 Å². The van der Waals surface area contributed by atoms with Gasteiger partial charge in [-0.1, -0.05) is 6.07 Å². The van der Waals surface area contributed by atoms with Gasteiger partial charge in [-0.15, -0.1) is 0 Å². The second-order valence-electron chi connectivity index (χ2n) is 7.63. The summed E-state index contributed by atoms with van der Waals surface area (Å²) in [5.41, 5.74) is 4.70. The Hall–Kier alpha value is -3.01. The molecule has 28 heavy (non-hydrogen) atoms. The number of piperidine rings is 1. The van der Waals surface area contributed by atoms with E-state index in [4.69, 9.17) is 10.5 Å². The summed E-state index contributed by atoms with van der Waals surface area (Å²) in [7, 11) is 0. The summed E-state index contributed by atoms with van der Waals surface area (Å²) in [6.45, 7) is 4.54. The number of carbonyl (C=O) groups excluding carboxylic acids is 4. The highest BCUT2D eigenvalue weighted by Gasteiger charge is 2.60. The zero-order valence-electron chi connectivity index (χ0n) is 15.6. The van der Waals surface area contributed by atoms with Crippen LogP contribution in [0.25, 0.3) is 0 Å². The number of fused-ring (bicyclic) bond motifs is 1. The van der Waals surface area contributed by atoms with Crippen LogP contribution < -0.4 is 5.73 Å². The maximum atomic E-state index is 15.8. The summed E-state index contributed by atoms with van der Waals surface area (Å²) in [6, 6.07) is 4.21. The molecule has 10 heteroatoms. The van der Waals surface area contributed by atoms with Gasteiger partial charge in [0.1, 0.15) is 5.60 Å². The minimum atomic E-state index is -3.12. The van der Waals surface area contributed by atoms with Gasteiger partial charge in [-0.2, -0.15) is 4.90 Å². The molecule has 0 bridgehead atoms. The molecular formula is C18H20FN3O6. The van der Waals surface area contributed by atoms with E-state index in [1.54, 1.807) is 0 Å². The molecule has 1 saturated heterocycles.